The minimum Gasteiger partial charge on any atom is -0.508 e. The average molecular weight is 297 g/mol. The Morgan fingerprint density at radius 3 is 2.38 bits per heavy atom. The van der Waals surface area contributed by atoms with Gasteiger partial charge in [-0.05, 0) is 36.0 Å². The number of nitrogens with one attached hydrogen (secondary N) is 1. The number of nitrogens with zero attached hydrogens (tertiary/aromatic N) is 1. The minimum atomic E-state index is 0.112. The van der Waals surface area contributed by atoms with Crippen molar-refractivity contribution in [3.8, 4) is 5.75 Å². The van der Waals surface area contributed by atoms with Gasteiger partial charge in [0.25, 0.3) is 0 Å². The zero-order chi connectivity index (χ0) is 15.1. The number of thiocarbonyl (C=S) groups is 1. The van der Waals surface area contributed by atoms with E-state index in [1.807, 2.05) is 54.6 Å². The molecule has 4 N–H and O–H groups in total. The van der Waals surface area contributed by atoms with Crippen molar-refractivity contribution in [3.63, 3.8) is 0 Å². The molecule has 4 nitrogen and oxygen atoms in total. The summed E-state index contributed by atoms with van der Waals surface area (Å²) in [6.45, 7) is 0. The van der Waals surface area contributed by atoms with Crippen LogP contribution >= 0.6 is 12.2 Å². The van der Waals surface area contributed by atoms with Crippen molar-refractivity contribution in [2.45, 2.75) is 0 Å². The van der Waals surface area contributed by atoms with Gasteiger partial charge in [-0.1, -0.05) is 48.5 Å². The number of aromatic hydroxyl groups is 1. The largest absolute Gasteiger partial charge is 0.508 e. The van der Waals surface area contributed by atoms with Gasteiger partial charge in [0.15, 0.2) is 5.11 Å². The molecule has 0 aliphatic heterocycles. The fourth-order valence-electron chi connectivity index (χ4n) is 1.68. The maximum absolute atomic E-state index is 9.27. The zero-order valence-corrected chi connectivity index (χ0v) is 12.0. The van der Waals surface area contributed by atoms with Crippen LogP contribution in [0.2, 0.25) is 0 Å². The molecule has 0 aliphatic rings. The van der Waals surface area contributed by atoms with Gasteiger partial charge >= 0.3 is 0 Å². The Morgan fingerprint density at radius 2 is 1.76 bits per heavy atom. The highest BCUT2D eigenvalue weighted by molar-refractivity contribution is 7.80. The van der Waals surface area contributed by atoms with Crippen molar-refractivity contribution >= 4 is 29.1 Å². The van der Waals surface area contributed by atoms with Crippen molar-refractivity contribution in [2.75, 3.05) is 0 Å². The van der Waals surface area contributed by atoms with Crippen LogP contribution in [0.25, 0.3) is 6.08 Å². The molecule has 2 aromatic carbocycles. The molecular formula is C16H15N3OS. The minimum absolute atomic E-state index is 0.112. The van der Waals surface area contributed by atoms with E-state index in [-0.39, 0.29) is 10.9 Å². The predicted molar refractivity (Wildman–Crippen MR) is 90.0 cm³/mol. The Balaban J connectivity index is 2.26. The van der Waals surface area contributed by atoms with Crippen LogP contribution in [0.4, 0.5) is 0 Å². The van der Waals surface area contributed by atoms with Crippen LogP contribution in [0.5, 0.6) is 5.75 Å². The molecule has 0 aliphatic carbocycles. The number of hydrogen-bond acceptors (Lipinski definition) is 3. The first kappa shape index (κ1) is 14.7. The van der Waals surface area contributed by atoms with Crippen LogP contribution in [-0.4, -0.2) is 15.9 Å². The van der Waals surface area contributed by atoms with Crippen molar-refractivity contribution in [3.05, 3.63) is 71.8 Å². The van der Waals surface area contributed by atoms with E-state index in [1.54, 1.807) is 12.1 Å². The first-order valence-electron chi connectivity index (χ1n) is 6.31. The Labute approximate surface area is 128 Å². The lowest BCUT2D eigenvalue weighted by atomic mass is 10.1. The quantitative estimate of drug-likeness (QED) is 0.461. The van der Waals surface area contributed by atoms with Crippen molar-refractivity contribution in [2.24, 2.45) is 10.8 Å². The van der Waals surface area contributed by atoms with Crippen LogP contribution in [-0.2, 0) is 0 Å². The van der Waals surface area contributed by atoms with E-state index >= 15 is 0 Å². The van der Waals surface area contributed by atoms with E-state index in [9.17, 15) is 5.11 Å². The van der Waals surface area contributed by atoms with Gasteiger partial charge in [-0.2, -0.15) is 5.10 Å². The summed E-state index contributed by atoms with van der Waals surface area (Å²) >= 11 is 4.76. The number of phenolic OH excluding ortho intramolecular Hbond substituents is 1. The molecule has 2 aromatic rings. The highest BCUT2D eigenvalue weighted by Crippen LogP contribution is 2.11. The number of nitrogens with two attached hydrogens (primary N) is 1. The molecule has 0 saturated heterocycles. The van der Waals surface area contributed by atoms with Crippen molar-refractivity contribution in [1.29, 1.82) is 0 Å². The van der Waals surface area contributed by atoms with E-state index in [2.05, 4.69) is 10.5 Å². The Hall–Kier alpha value is -2.66. The fourth-order valence-corrected chi connectivity index (χ4v) is 1.73. The summed E-state index contributed by atoms with van der Waals surface area (Å²) in [6, 6.07) is 16.6. The number of allylic oxidation sites excluding steroid dienone is 1. The molecule has 0 atom stereocenters. The molecule has 0 fully saturated rings. The molecule has 0 heterocycles. The van der Waals surface area contributed by atoms with Gasteiger partial charge in [-0.15, -0.1) is 0 Å². The normalized spacial score (nSPS) is 11.5. The van der Waals surface area contributed by atoms with E-state index in [0.717, 1.165) is 11.1 Å². The number of benzene rings is 2. The second-order valence-electron chi connectivity index (χ2n) is 4.26. The van der Waals surface area contributed by atoms with Gasteiger partial charge in [0.05, 0.1) is 5.71 Å². The summed E-state index contributed by atoms with van der Waals surface area (Å²) in [5, 5.41) is 13.6. The third-order valence-corrected chi connectivity index (χ3v) is 2.77. The van der Waals surface area contributed by atoms with Crippen LogP contribution in [0, 0.1) is 0 Å². The SMILES string of the molecule is NC(=S)NN=C(C=Cc1ccc(O)cc1)c1ccccc1. The first-order chi connectivity index (χ1) is 10.1. The third kappa shape index (κ3) is 4.74. The van der Waals surface area contributed by atoms with Gasteiger partial charge in [0, 0.05) is 5.56 Å². The molecule has 0 spiro atoms. The van der Waals surface area contributed by atoms with Crippen LogP contribution in [0.3, 0.4) is 0 Å². The van der Waals surface area contributed by atoms with Gasteiger partial charge in [-0.3, -0.25) is 5.43 Å². The monoisotopic (exact) mass is 297 g/mol. The van der Waals surface area contributed by atoms with E-state index in [4.69, 9.17) is 18.0 Å². The topological polar surface area (TPSA) is 70.6 Å². The van der Waals surface area contributed by atoms with Crippen molar-refractivity contribution < 1.29 is 5.11 Å². The summed E-state index contributed by atoms with van der Waals surface area (Å²) in [5.41, 5.74) is 10.6. The summed E-state index contributed by atoms with van der Waals surface area (Å²) in [4.78, 5) is 0. The molecule has 0 saturated carbocycles. The lowest BCUT2D eigenvalue weighted by Crippen LogP contribution is -2.25. The van der Waals surface area contributed by atoms with Crippen LogP contribution in [0.1, 0.15) is 11.1 Å². The number of rotatable bonds is 4. The number of hydrazone groups is 1. The molecular weight excluding hydrogens is 282 g/mol. The summed E-state index contributed by atoms with van der Waals surface area (Å²) < 4.78 is 0. The molecule has 0 aromatic heterocycles. The smallest absolute Gasteiger partial charge is 0.184 e. The first-order valence-corrected chi connectivity index (χ1v) is 6.71. The van der Waals surface area contributed by atoms with Gasteiger partial charge < -0.3 is 10.8 Å². The Kier molecular flexibility index (Phi) is 5.06. The second-order valence-corrected chi connectivity index (χ2v) is 4.70. The van der Waals surface area contributed by atoms with E-state index in [0.29, 0.717) is 5.71 Å². The molecule has 106 valence electrons. The predicted octanol–water partition coefficient (Wildman–Crippen LogP) is 2.64. The molecule has 21 heavy (non-hydrogen) atoms. The lowest BCUT2D eigenvalue weighted by molar-refractivity contribution is 0.475. The third-order valence-electron chi connectivity index (χ3n) is 2.68. The number of phenols is 1. The van der Waals surface area contributed by atoms with Gasteiger partial charge in [0.2, 0.25) is 0 Å². The highest BCUT2D eigenvalue weighted by Gasteiger charge is 1.99. The average Bonchev–Trinajstić information content (AvgIpc) is 2.50. The maximum atomic E-state index is 9.27. The second kappa shape index (κ2) is 7.21. The van der Waals surface area contributed by atoms with Gasteiger partial charge in [-0.25, -0.2) is 0 Å². The number of hydrogen-bond donors (Lipinski definition) is 3. The molecule has 0 radical (unpaired) electrons. The summed E-state index contributed by atoms with van der Waals surface area (Å²) in [5.74, 6) is 0.235. The highest BCUT2D eigenvalue weighted by atomic mass is 32.1. The molecule has 2 rings (SSSR count). The van der Waals surface area contributed by atoms with Crippen LogP contribution < -0.4 is 11.2 Å². The van der Waals surface area contributed by atoms with Crippen molar-refractivity contribution in [1.82, 2.24) is 5.43 Å². The van der Waals surface area contributed by atoms with E-state index < -0.39 is 0 Å². The molecule has 5 heteroatoms. The molecule has 0 unspecified atom stereocenters. The molecule has 0 bridgehead atoms. The Morgan fingerprint density at radius 1 is 1.10 bits per heavy atom. The zero-order valence-electron chi connectivity index (χ0n) is 11.2. The molecule has 0 amide bonds. The Bertz CT molecular complexity index is 664. The van der Waals surface area contributed by atoms with E-state index in [1.165, 1.54) is 0 Å². The summed E-state index contributed by atoms with van der Waals surface area (Å²) in [6.07, 6.45) is 3.75. The van der Waals surface area contributed by atoms with Gasteiger partial charge in [0.1, 0.15) is 5.75 Å². The maximum Gasteiger partial charge on any atom is 0.184 e. The summed E-state index contributed by atoms with van der Waals surface area (Å²) in [7, 11) is 0. The lowest BCUT2D eigenvalue weighted by Gasteiger charge is -2.03. The standard InChI is InChI=1S/C16H15N3OS/c17-16(21)19-18-15(13-4-2-1-3-5-13)11-8-12-6-9-14(20)10-7-12/h1-11,20H,(H3,17,19,21). The fraction of sp³-hybridized carbons (Fsp3) is 0. The van der Waals surface area contributed by atoms with Crippen LogP contribution in [0.15, 0.2) is 65.8 Å².